The molecule has 1 heterocycles. The summed E-state index contributed by atoms with van der Waals surface area (Å²) < 4.78 is 10.4. The van der Waals surface area contributed by atoms with E-state index in [1.807, 2.05) is 6.92 Å². The molecule has 0 spiro atoms. The summed E-state index contributed by atoms with van der Waals surface area (Å²) in [5, 5.41) is 29.4. The van der Waals surface area contributed by atoms with Gasteiger partial charge in [0, 0.05) is 13.8 Å². The van der Waals surface area contributed by atoms with Crippen LogP contribution in [0.15, 0.2) is 11.8 Å². The topological polar surface area (TPSA) is 96.2 Å². The number of ether oxygens (including phenoxy) is 2. The van der Waals surface area contributed by atoms with Crippen LogP contribution in [0.4, 0.5) is 0 Å². The van der Waals surface area contributed by atoms with Crippen molar-refractivity contribution < 1.29 is 29.6 Å². The SMILES string of the molecule is C[C@@H](O)CCCCCCCCC[C@H](O)[C@H](O)C1=CC(=O)OC(C)(C)O1. The van der Waals surface area contributed by atoms with E-state index in [0.29, 0.717) is 6.42 Å². The van der Waals surface area contributed by atoms with Gasteiger partial charge in [-0.25, -0.2) is 4.79 Å². The number of rotatable bonds is 12. The second-order valence-electron chi connectivity index (χ2n) is 7.38. The molecule has 6 heteroatoms. The zero-order chi connectivity index (χ0) is 18.9. The van der Waals surface area contributed by atoms with E-state index in [1.165, 1.54) is 0 Å². The molecule has 1 aliphatic heterocycles. The maximum atomic E-state index is 11.5. The second kappa shape index (κ2) is 10.8. The summed E-state index contributed by atoms with van der Waals surface area (Å²) in [4.78, 5) is 11.5. The van der Waals surface area contributed by atoms with E-state index in [1.54, 1.807) is 13.8 Å². The monoisotopic (exact) mass is 358 g/mol. The van der Waals surface area contributed by atoms with Crippen LogP contribution in [-0.4, -0.2) is 45.4 Å². The molecular formula is C19H34O6. The van der Waals surface area contributed by atoms with Crippen molar-refractivity contribution in [1.82, 2.24) is 0 Å². The van der Waals surface area contributed by atoms with Gasteiger partial charge in [-0.15, -0.1) is 0 Å². The highest BCUT2D eigenvalue weighted by Gasteiger charge is 2.35. The van der Waals surface area contributed by atoms with Gasteiger partial charge >= 0.3 is 5.97 Å². The zero-order valence-electron chi connectivity index (χ0n) is 15.7. The molecule has 0 aliphatic carbocycles. The molecule has 146 valence electrons. The molecule has 0 aromatic heterocycles. The summed E-state index contributed by atoms with van der Waals surface area (Å²) in [5.41, 5.74) is 0. The minimum absolute atomic E-state index is 0.0619. The molecule has 0 aromatic rings. The van der Waals surface area contributed by atoms with Gasteiger partial charge in [0.1, 0.15) is 11.9 Å². The van der Waals surface area contributed by atoms with Crippen LogP contribution in [-0.2, 0) is 14.3 Å². The fourth-order valence-corrected chi connectivity index (χ4v) is 2.89. The lowest BCUT2D eigenvalue weighted by Gasteiger charge is -2.33. The Balaban J connectivity index is 2.15. The highest BCUT2D eigenvalue weighted by Crippen LogP contribution is 2.26. The van der Waals surface area contributed by atoms with Crippen molar-refractivity contribution >= 4 is 5.97 Å². The average molecular weight is 358 g/mol. The van der Waals surface area contributed by atoms with Crippen LogP contribution in [0.25, 0.3) is 0 Å². The Morgan fingerprint density at radius 3 is 1.96 bits per heavy atom. The van der Waals surface area contributed by atoms with Crippen LogP contribution in [0.2, 0.25) is 0 Å². The quantitative estimate of drug-likeness (QED) is 0.367. The van der Waals surface area contributed by atoms with Gasteiger partial charge in [-0.1, -0.05) is 44.9 Å². The van der Waals surface area contributed by atoms with Gasteiger partial charge in [0.25, 0.3) is 0 Å². The Morgan fingerprint density at radius 2 is 1.44 bits per heavy atom. The van der Waals surface area contributed by atoms with Crippen molar-refractivity contribution in [2.45, 2.75) is 103 Å². The predicted molar refractivity (Wildman–Crippen MR) is 94.6 cm³/mol. The summed E-state index contributed by atoms with van der Waals surface area (Å²) in [5.74, 6) is -1.64. The highest BCUT2D eigenvalue weighted by molar-refractivity contribution is 5.83. The number of hydrogen-bond acceptors (Lipinski definition) is 6. The summed E-state index contributed by atoms with van der Waals surface area (Å²) in [6.45, 7) is 4.98. The molecule has 1 rings (SSSR count). The number of unbranched alkanes of at least 4 members (excludes halogenated alkanes) is 6. The molecule has 25 heavy (non-hydrogen) atoms. The Kier molecular flexibility index (Phi) is 9.46. The van der Waals surface area contributed by atoms with E-state index in [9.17, 15) is 20.1 Å². The number of carbonyl (C=O) groups excluding carboxylic acids is 1. The number of carbonyl (C=O) groups is 1. The smallest absolute Gasteiger partial charge is 0.337 e. The predicted octanol–water partition coefficient (Wildman–Crippen LogP) is 2.79. The van der Waals surface area contributed by atoms with Gasteiger partial charge in [0.15, 0.2) is 0 Å². The number of esters is 1. The first-order valence-corrected chi connectivity index (χ1v) is 9.39. The highest BCUT2D eigenvalue weighted by atomic mass is 16.7. The number of aliphatic hydroxyl groups is 3. The van der Waals surface area contributed by atoms with Gasteiger partial charge in [-0.2, -0.15) is 0 Å². The molecule has 0 saturated carbocycles. The van der Waals surface area contributed by atoms with Crippen molar-refractivity contribution in [3.63, 3.8) is 0 Å². The maximum Gasteiger partial charge on any atom is 0.337 e. The van der Waals surface area contributed by atoms with Gasteiger partial charge in [-0.05, 0) is 19.8 Å². The zero-order valence-corrected chi connectivity index (χ0v) is 15.7. The third-order valence-corrected chi connectivity index (χ3v) is 4.25. The third kappa shape index (κ3) is 9.23. The van der Waals surface area contributed by atoms with Gasteiger partial charge in [0.05, 0.1) is 18.3 Å². The van der Waals surface area contributed by atoms with Crippen molar-refractivity contribution in [1.29, 1.82) is 0 Å². The molecule has 6 nitrogen and oxygen atoms in total. The molecule has 0 unspecified atom stereocenters. The third-order valence-electron chi connectivity index (χ3n) is 4.25. The molecule has 0 fully saturated rings. The van der Waals surface area contributed by atoms with E-state index >= 15 is 0 Å². The lowest BCUT2D eigenvalue weighted by Crippen LogP contribution is -2.40. The van der Waals surface area contributed by atoms with Crippen LogP contribution < -0.4 is 0 Å². The number of aliphatic hydroxyl groups excluding tert-OH is 3. The summed E-state index contributed by atoms with van der Waals surface area (Å²) in [6, 6.07) is 0. The first kappa shape index (κ1) is 21.9. The minimum Gasteiger partial charge on any atom is -0.454 e. The lowest BCUT2D eigenvalue weighted by atomic mass is 10.0. The van der Waals surface area contributed by atoms with Crippen LogP contribution in [0, 0.1) is 0 Å². The molecule has 0 saturated heterocycles. The van der Waals surface area contributed by atoms with E-state index in [2.05, 4.69) is 0 Å². The summed E-state index contributed by atoms with van der Waals surface area (Å²) in [7, 11) is 0. The van der Waals surface area contributed by atoms with Gasteiger partial charge in [-0.3, -0.25) is 0 Å². The Morgan fingerprint density at radius 1 is 0.920 bits per heavy atom. The molecule has 0 bridgehead atoms. The average Bonchev–Trinajstić information content (AvgIpc) is 2.50. The Labute approximate surface area is 150 Å². The van der Waals surface area contributed by atoms with E-state index in [-0.39, 0.29) is 11.9 Å². The van der Waals surface area contributed by atoms with Crippen LogP contribution in [0.3, 0.4) is 0 Å². The Bertz CT molecular complexity index is 430. The van der Waals surface area contributed by atoms with E-state index in [4.69, 9.17) is 9.47 Å². The molecule has 3 atom stereocenters. The fourth-order valence-electron chi connectivity index (χ4n) is 2.89. The fraction of sp³-hybridized carbons (Fsp3) is 0.842. The van der Waals surface area contributed by atoms with Gasteiger partial charge < -0.3 is 24.8 Å². The normalized spacial score (nSPS) is 20.2. The van der Waals surface area contributed by atoms with Crippen molar-refractivity contribution in [3.8, 4) is 0 Å². The van der Waals surface area contributed by atoms with Crippen molar-refractivity contribution in [2.24, 2.45) is 0 Å². The summed E-state index contributed by atoms with van der Waals surface area (Å²) in [6.07, 6.45) is 7.45. The maximum absolute atomic E-state index is 11.5. The standard InChI is InChI=1S/C19H34O6/c1-14(20)11-9-7-5-4-6-8-10-12-15(21)18(23)16-13-17(22)25-19(2,3)24-16/h13-15,18,20-21,23H,4-12H2,1-3H3/t14-,15+,18+/m1/s1. The lowest BCUT2D eigenvalue weighted by molar-refractivity contribution is -0.213. The Hall–Kier alpha value is -1.11. The molecular weight excluding hydrogens is 324 g/mol. The van der Waals surface area contributed by atoms with Gasteiger partial charge in [0.2, 0.25) is 5.79 Å². The van der Waals surface area contributed by atoms with E-state index < -0.39 is 24.0 Å². The number of hydrogen-bond donors (Lipinski definition) is 3. The molecule has 3 N–H and O–H groups in total. The molecule has 1 aliphatic rings. The van der Waals surface area contributed by atoms with Crippen LogP contribution in [0.1, 0.15) is 78.6 Å². The van der Waals surface area contributed by atoms with E-state index in [0.717, 1.165) is 57.4 Å². The van der Waals surface area contributed by atoms with Crippen molar-refractivity contribution in [2.75, 3.05) is 0 Å². The van der Waals surface area contributed by atoms with Crippen LogP contribution >= 0.6 is 0 Å². The minimum atomic E-state index is -1.22. The largest absolute Gasteiger partial charge is 0.454 e. The second-order valence-corrected chi connectivity index (χ2v) is 7.38. The first-order chi connectivity index (χ1) is 11.7. The molecule has 0 aromatic carbocycles. The molecule has 0 amide bonds. The first-order valence-electron chi connectivity index (χ1n) is 9.39. The molecule has 0 radical (unpaired) electrons. The number of cyclic esters (lactones) is 1. The van der Waals surface area contributed by atoms with Crippen LogP contribution in [0.5, 0.6) is 0 Å². The van der Waals surface area contributed by atoms with Crippen molar-refractivity contribution in [3.05, 3.63) is 11.8 Å². The summed E-state index contributed by atoms with van der Waals surface area (Å²) >= 11 is 0.